The molecule has 0 saturated heterocycles. The Bertz CT molecular complexity index is 507. The van der Waals surface area contributed by atoms with Gasteiger partial charge >= 0.3 is 0 Å². The highest BCUT2D eigenvalue weighted by Gasteiger charge is 2.12. The van der Waals surface area contributed by atoms with Crippen LogP contribution in [0.4, 0.5) is 10.2 Å². The molecule has 0 aliphatic rings. The number of aryl methyl sites for hydroxylation is 1. The first-order valence-electron chi connectivity index (χ1n) is 4.39. The van der Waals surface area contributed by atoms with Crippen molar-refractivity contribution in [1.82, 2.24) is 10.2 Å². The van der Waals surface area contributed by atoms with Gasteiger partial charge in [-0.3, -0.25) is 5.10 Å². The molecule has 15 heavy (non-hydrogen) atoms. The van der Waals surface area contributed by atoms with Gasteiger partial charge in [0.2, 0.25) is 0 Å². The van der Waals surface area contributed by atoms with Crippen molar-refractivity contribution >= 4 is 5.82 Å². The Labute approximate surface area is 85.6 Å². The number of H-pyrrole nitrogens is 1. The van der Waals surface area contributed by atoms with Gasteiger partial charge in [-0.05, 0) is 18.6 Å². The van der Waals surface area contributed by atoms with Crippen LogP contribution >= 0.6 is 0 Å². The summed E-state index contributed by atoms with van der Waals surface area (Å²) >= 11 is 0. The average Bonchev–Trinajstić information content (AvgIpc) is 2.61. The summed E-state index contributed by atoms with van der Waals surface area (Å²) in [5, 5.41) is 15.9. The van der Waals surface area contributed by atoms with E-state index in [1.807, 2.05) is 0 Å². The Morgan fingerprint density at radius 3 is 2.80 bits per heavy atom. The monoisotopic (exact) mass is 207 g/mol. The first-order valence-corrected chi connectivity index (χ1v) is 4.39. The first kappa shape index (κ1) is 9.51. The third-order valence-corrected chi connectivity index (χ3v) is 2.20. The molecule has 0 amide bonds. The molecular weight excluding hydrogens is 197 g/mol. The number of nitrogens with two attached hydrogens (primary N) is 1. The van der Waals surface area contributed by atoms with E-state index >= 15 is 0 Å². The van der Waals surface area contributed by atoms with Gasteiger partial charge in [0.15, 0.2) is 11.6 Å². The molecule has 1 aromatic carbocycles. The highest BCUT2D eigenvalue weighted by atomic mass is 19.1. The molecule has 4 nitrogen and oxygen atoms in total. The van der Waals surface area contributed by atoms with Gasteiger partial charge in [-0.25, -0.2) is 4.39 Å². The minimum Gasteiger partial charge on any atom is -0.504 e. The molecule has 0 atom stereocenters. The maximum absolute atomic E-state index is 13.4. The van der Waals surface area contributed by atoms with E-state index in [-0.39, 0.29) is 0 Å². The molecule has 5 heteroatoms. The second kappa shape index (κ2) is 3.27. The van der Waals surface area contributed by atoms with Crippen molar-refractivity contribution in [3.63, 3.8) is 0 Å². The molecule has 4 N–H and O–H groups in total. The van der Waals surface area contributed by atoms with Crippen LogP contribution < -0.4 is 5.73 Å². The van der Waals surface area contributed by atoms with Crippen LogP contribution in [0.5, 0.6) is 5.75 Å². The Balaban J connectivity index is 2.59. The average molecular weight is 207 g/mol. The summed E-state index contributed by atoms with van der Waals surface area (Å²) in [6.45, 7) is 1.58. The number of halogens is 1. The molecular formula is C10H10FN3O. The van der Waals surface area contributed by atoms with Crippen molar-refractivity contribution < 1.29 is 9.50 Å². The van der Waals surface area contributed by atoms with E-state index in [2.05, 4.69) is 10.2 Å². The zero-order valence-electron chi connectivity index (χ0n) is 8.08. The number of hydrogen-bond acceptors (Lipinski definition) is 3. The number of phenols is 1. The molecule has 0 unspecified atom stereocenters. The number of aromatic amines is 1. The van der Waals surface area contributed by atoms with E-state index in [0.717, 1.165) is 0 Å². The van der Waals surface area contributed by atoms with Crippen molar-refractivity contribution in [2.24, 2.45) is 0 Å². The number of aromatic hydroxyl groups is 1. The maximum Gasteiger partial charge on any atom is 0.168 e. The highest BCUT2D eigenvalue weighted by molar-refractivity contribution is 5.69. The van der Waals surface area contributed by atoms with Crippen molar-refractivity contribution in [3.8, 4) is 17.0 Å². The molecule has 2 aromatic rings. The van der Waals surface area contributed by atoms with Crippen LogP contribution in [0, 0.1) is 12.7 Å². The van der Waals surface area contributed by atoms with Crippen molar-refractivity contribution in [1.29, 1.82) is 0 Å². The van der Waals surface area contributed by atoms with E-state index in [9.17, 15) is 9.50 Å². The van der Waals surface area contributed by atoms with Crippen LogP contribution in [0.2, 0.25) is 0 Å². The van der Waals surface area contributed by atoms with Gasteiger partial charge in [0, 0.05) is 11.6 Å². The van der Waals surface area contributed by atoms with Crippen LogP contribution in [-0.2, 0) is 0 Å². The summed E-state index contributed by atoms with van der Waals surface area (Å²) in [5.74, 6) is -0.718. The van der Waals surface area contributed by atoms with Crippen molar-refractivity contribution in [3.05, 3.63) is 29.6 Å². The highest BCUT2D eigenvalue weighted by Crippen LogP contribution is 2.32. The smallest absolute Gasteiger partial charge is 0.168 e. The molecule has 0 aliphatic carbocycles. The lowest BCUT2D eigenvalue weighted by Crippen LogP contribution is -1.87. The summed E-state index contributed by atoms with van der Waals surface area (Å²) in [6, 6.07) is 4.73. The van der Waals surface area contributed by atoms with E-state index in [0.29, 0.717) is 22.6 Å². The molecule has 0 radical (unpaired) electrons. The molecule has 78 valence electrons. The van der Waals surface area contributed by atoms with Crippen LogP contribution in [0.15, 0.2) is 18.2 Å². The van der Waals surface area contributed by atoms with Gasteiger partial charge in [-0.15, -0.1) is 0 Å². The van der Waals surface area contributed by atoms with Gasteiger partial charge in [0.05, 0.1) is 5.69 Å². The summed E-state index contributed by atoms with van der Waals surface area (Å²) in [7, 11) is 0. The SMILES string of the molecule is Cc1ccc(-c2cc(N)n[nH]2)c(O)c1F. The molecule has 0 aliphatic heterocycles. The predicted octanol–water partition coefficient (Wildman–Crippen LogP) is 1.81. The first-order chi connectivity index (χ1) is 7.09. The lowest BCUT2D eigenvalue weighted by molar-refractivity contribution is 0.432. The third-order valence-electron chi connectivity index (χ3n) is 2.20. The lowest BCUT2D eigenvalue weighted by atomic mass is 10.1. The van der Waals surface area contributed by atoms with Crippen LogP contribution in [0.3, 0.4) is 0 Å². The fraction of sp³-hybridized carbons (Fsp3) is 0.100. The van der Waals surface area contributed by atoms with Crippen LogP contribution in [0.25, 0.3) is 11.3 Å². The summed E-state index contributed by atoms with van der Waals surface area (Å²) in [6.07, 6.45) is 0. The van der Waals surface area contributed by atoms with E-state index in [1.165, 1.54) is 6.07 Å². The zero-order valence-corrected chi connectivity index (χ0v) is 8.08. The Morgan fingerprint density at radius 2 is 2.20 bits per heavy atom. The lowest BCUT2D eigenvalue weighted by Gasteiger charge is -2.04. The summed E-state index contributed by atoms with van der Waals surface area (Å²) in [4.78, 5) is 0. The molecule has 0 saturated carbocycles. The number of hydrogen-bond donors (Lipinski definition) is 3. The minimum absolute atomic E-state index is 0.297. The number of nitrogen functional groups attached to an aromatic ring is 1. The predicted molar refractivity (Wildman–Crippen MR) is 54.8 cm³/mol. The number of anilines is 1. The zero-order chi connectivity index (χ0) is 11.0. The van der Waals surface area contributed by atoms with Gasteiger partial charge in [-0.2, -0.15) is 5.10 Å². The molecule has 1 aromatic heterocycles. The van der Waals surface area contributed by atoms with Crippen LogP contribution in [0.1, 0.15) is 5.56 Å². The largest absolute Gasteiger partial charge is 0.504 e. The van der Waals surface area contributed by atoms with Gasteiger partial charge in [0.1, 0.15) is 5.82 Å². The number of aromatic nitrogens is 2. The second-order valence-corrected chi connectivity index (χ2v) is 3.30. The fourth-order valence-corrected chi connectivity index (χ4v) is 1.36. The van der Waals surface area contributed by atoms with Crippen molar-refractivity contribution in [2.75, 3.05) is 5.73 Å². The maximum atomic E-state index is 13.4. The minimum atomic E-state index is -0.624. The molecule has 0 bridgehead atoms. The second-order valence-electron chi connectivity index (χ2n) is 3.30. The fourth-order valence-electron chi connectivity index (χ4n) is 1.36. The molecule has 0 spiro atoms. The van der Waals surface area contributed by atoms with Gasteiger partial charge in [0.25, 0.3) is 0 Å². The quantitative estimate of drug-likeness (QED) is 0.667. The number of nitrogens with one attached hydrogen (secondary N) is 1. The molecule has 1 heterocycles. The Morgan fingerprint density at radius 1 is 1.47 bits per heavy atom. The number of nitrogens with zero attached hydrogens (tertiary/aromatic N) is 1. The topological polar surface area (TPSA) is 74.9 Å². The van der Waals surface area contributed by atoms with Crippen LogP contribution in [-0.4, -0.2) is 15.3 Å². The third kappa shape index (κ3) is 1.52. The Kier molecular flexibility index (Phi) is 2.07. The van der Waals surface area contributed by atoms with Gasteiger partial charge < -0.3 is 10.8 Å². The summed E-state index contributed by atoms with van der Waals surface area (Å²) < 4.78 is 13.4. The number of phenolic OH excluding ortho intramolecular Hbond substituents is 1. The number of benzene rings is 1. The standard InChI is InChI=1S/C10H10FN3O/c1-5-2-3-6(10(15)9(5)11)7-4-8(12)14-13-7/h2-4,15H,1H3,(H3,12,13,14). The van der Waals surface area contributed by atoms with Crippen molar-refractivity contribution in [2.45, 2.75) is 6.92 Å². The van der Waals surface area contributed by atoms with Gasteiger partial charge in [-0.1, -0.05) is 6.07 Å². The van der Waals surface area contributed by atoms with E-state index in [4.69, 9.17) is 5.73 Å². The van der Waals surface area contributed by atoms with E-state index < -0.39 is 11.6 Å². The van der Waals surface area contributed by atoms with E-state index in [1.54, 1.807) is 19.1 Å². The normalized spacial score (nSPS) is 10.5. The molecule has 2 rings (SSSR count). The summed E-state index contributed by atoms with van der Waals surface area (Å²) in [5.41, 5.74) is 6.65. The molecule has 0 fully saturated rings. The Hall–Kier alpha value is -2.04. The number of rotatable bonds is 1.